The predicted octanol–water partition coefficient (Wildman–Crippen LogP) is 3.43. The van der Waals surface area contributed by atoms with Crippen molar-refractivity contribution in [3.05, 3.63) is 63.0 Å². The first kappa shape index (κ1) is 16.6. The summed E-state index contributed by atoms with van der Waals surface area (Å²) in [6.45, 7) is 0.0342. The topological polar surface area (TPSA) is 42.2 Å². The Hall–Kier alpha value is -1.79. The van der Waals surface area contributed by atoms with E-state index in [1.165, 1.54) is 6.07 Å². The van der Waals surface area contributed by atoms with Crippen LogP contribution in [0.15, 0.2) is 41.3 Å². The highest BCUT2D eigenvalue weighted by atomic mass is 35.5. The summed E-state index contributed by atoms with van der Waals surface area (Å²) in [5, 5.41) is 8.97. The Morgan fingerprint density at radius 1 is 1.18 bits per heavy atom. The summed E-state index contributed by atoms with van der Waals surface area (Å²) in [4.78, 5) is 11.8. The molecule has 3 nitrogen and oxygen atoms in total. The summed E-state index contributed by atoms with van der Waals surface area (Å²) < 4.78 is 39.1. The first-order valence-corrected chi connectivity index (χ1v) is 6.90. The molecule has 0 saturated carbocycles. The van der Waals surface area contributed by atoms with Gasteiger partial charge in [-0.25, -0.2) is 0 Å². The Bertz CT molecular complexity index is 725. The molecule has 2 aromatic rings. The van der Waals surface area contributed by atoms with Crippen LogP contribution in [-0.4, -0.2) is 16.3 Å². The number of aliphatic hydroxyl groups excluding tert-OH is 1. The number of aromatic nitrogens is 1. The van der Waals surface area contributed by atoms with Crippen LogP contribution in [0.1, 0.15) is 17.5 Å². The van der Waals surface area contributed by atoms with Crippen LogP contribution in [0.2, 0.25) is 5.02 Å². The normalized spacial score (nSPS) is 11.7. The number of halogens is 4. The molecular formula is C15H13ClF3NO2. The first-order valence-electron chi connectivity index (χ1n) is 6.52. The Labute approximate surface area is 129 Å². The van der Waals surface area contributed by atoms with Crippen molar-refractivity contribution in [2.45, 2.75) is 19.0 Å². The fourth-order valence-corrected chi connectivity index (χ4v) is 2.32. The smallest absolute Gasteiger partial charge is 0.396 e. The van der Waals surface area contributed by atoms with Crippen LogP contribution < -0.4 is 5.56 Å². The SMILES string of the molecule is O=c1ccc(C(F)(F)F)cn1-c1ccc(CCCO)cc1Cl. The highest BCUT2D eigenvalue weighted by molar-refractivity contribution is 6.32. The Morgan fingerprint density at radius 2 is 1.91 bits per heavy atom. The predicted molar refractivity (Wildman–Crippen MR) is 77.5 cm³/mol. The van der Waals surface area contributed by atoms with Crippen LogP contribution in [0.5, 0.6) is 0 Å². The largest absolute Gasteiger partial charge is 0.417 e. The second-order valence-electron chi connectivity index (χ2n) is 4.74. The molecule has 1 N–H and O–H groups in total. The molecule has 0 spiro atoms. The summed E-state index contributed by atoms with van der Waals surface area (Å²) in [5.41, 5.74) is -0.501. The molecule has 7 heteroatoms. The van der Waals surface area contributed by atoms with E-state index in [4.69, 9.17) is 16.7 Å². The van der Waals surface area contributed by atoms with Crippen LogP contribution in [0.4, 0.5) is 13.2 Å². The summed E-state index contributed by atoms with van der Waals surface area (Å²) >= 11 is 6.08. The monoisotopic (exact) mass is 331 g/mol. The quantitative estimate of drug-likeness (QED) is 0.932. The number of alkyl halides is 3. The van der Waals surface area contributed by atoms with Gasteiger partial charge in [0.15, 0.2) is 0 Å². The van der Waals surface area contributed by atoms with Gasteiger partial charge in [-0.3, -0.25) is 9.36 Å². The maximum atomic E-state index is 12.7. The van der Waals surface area contributed by atoms with E-state index in [1.54, 1.807) is 12.1 Å². The number of aliphatic hydroxyl groups is 1. The number of nitrogens with zero attached hydrogens (tertiary/aromatic N) is 1. The van der Waals surface area contributed by atoms with Gasteiger partial charge in [0.2, 0.25) is 0 Å². The summed E-state index contributed by atoms with van der Waals surface area (Å²) in [6, 6.07) is 6.35. The number of rotatable bonds is 4. The van der Waals surface area contributed by atoms with E-state index in [0.29, 0.717) is 12.8 Å². The minimum Gasteiger partial charge on any atom is -0.396 e. The van der Waals surface area contributed by atoms with Crippen molar-refractivity contribution in [3.8, 4) is 5.69 Å². The van der Waals surface area contributed by atoms with Gasteiger partial charge >= 0.3 is 6.18 Å². The van der Waals surface area contributed by atoms with Gasteiger partial charge < -0.3 is 5.11 Å². The number of aryl methyl sites for hydroxylation is 1. The molecular weight excluding hydrogens is 319 g/mol. The maximum Gasteiger partial charge on any atom is 0.417 e. The highest BCUT2D eigenvalue weighted by Crippen LogP contribution is 2.29. The van der Waals surface area contributed by atoms with Crippen molar-refractivity contribution in [2.75, 3.05) is 6.61 Å². The van der Waals surface area contributed by atoms with Gasteiger partial charge in [-0.05, 0) is 36.6 Å². The van der Waals surface area contributed by atoms with Gasteiger partial charge in [-0.1, -0.05) is 17.7 Å². The molecule has 1 heterocycles. The molecule has 0 fully saturated rings. The molecule has 0 bridgehead atoms. The molecule has 0 aliphatic rings. The zero-order valence-electron chi connectivity index (χ0n) is 11.4. The maximum absolute atomic E-state index is 12.7. The van der Waals surface area contributed by atoms with Gasteiger partial charge in [0.1, 0.15) is 0 Å². The summed E-state index contributed by atoms with van der Waals surface area (Å²) in [7, 11) is 0. The lowest BCUT2D eigenvalue weighted by Gasteiger charge is -2.12. The van der Waals surface area contributed by atoms with Crippen molar-refractivity contribution in [3.63, 3.8) is 0 Å². The lowest BCUT2D eigenvalue weighted by atomic mass is 10.1. The first-order chi connectivity index (χ1) is 10.3. The van der Waals surface area contributed by atoms with Crippen molar-refractivity contribution < 1.29 is 18.3 Å². The van der Waals surface area contributed by atoms with Crippen LogP contribution in [0.25, 0.3) is 5.69 Å². The molecule has 0 atom stereocenters. The third-order valence-electron chi connectivity index (χ3n) is 3.13. The van der Waals surface area contributed by atoms with Gasteiger partial charge in [0, 0.05) is 18.9 Å². The van der Waals surface area contributed by atoms with Gasteiger partial charge in [0.25, 0.3) is 5.56 Å². The summed E-state index contributed by atoms with van der Waals surface area (Å²) in [5.74, 6) is 0. The third kappa shape index (κ3) is 3.69. The van der Waals surface area contributed by atoms with Crippen LogP contribution in [0.3, 0.4) is 0 Å². The number of hydrogen-bond donors (Lipinski definition) is 1. The standard InChI is InChI=1S/C15H13ClF3NO2/c16-12-8-10(2-1-7-21)3-5-13(12)20-9-11(15(17,18)19)4-6-14(20)22/h3-6,8-9,21H,1-2,7H2. The second-order valence-corrected chi connectivity index (χ2v) is 5.14. The number of pyridine rings is 1. The van der Waals surface area contributed by atoms with E-state index >= 15 is 0 Å². The second kappa shape index (κ2) is 6.54. The molecule has 0 radical (unpaired) electrons. The van der Waals surface area contributed by atoms with Crippen molar-refractivity contribution in [2.24, 2.45) is 0 Å². The van der Waals surface area contributed by atoms with E-state index < -0.39 is 17.3 Å². The highest BCUT2D eigenvalue weighted by Gasteiger charge is 2.31. The fourth-order valence-electron chi connectivity index (χ4n) is 2.03. The number of hydrogen-bond acceptors (Lipinski definition) is 2. The molecule has 0 amide bonds. The average molecular weight is 332 g/mol. The zero-order valence-corrected chi connectivity index (χ0v) is 12.2. The molecule has 0 saturated heterocycles. The average Bonchev–Trinajstić information content (AvgIpc) is 2.45. The van der Waals surface area contributed by atoms with E-state index in [-0.39, 0.29) is 17.3 Å². The van der Waals surface area contributed by atoms with Crippen LogP contribution in [0, 0.1) is 0 Å². The Balaban J connectivity index is 2.46. The fraction of sp³-hybridized carbons (Fsp3) is 0.267. The molecule has 0 aliphatic carbocycles. The van der Waals surface area contributed by atoms with Crippen LogP contribution >= 0.6 is 11.6 Å². The Kier molecular flexibility index (Phi) is 4.93. The van der Waals surface area contributed by atoms with Gasteiger partial charge in [0.05, 0.1) is 16.3 Å². The van der Waals surface area contributed by atoms with E-state index in [1.807, 2.05) is 0 Å². The molecule has 2 rings (SSSR count). The molecule has 1 aromatic heterocycles. The molecule has 0 unspecified atom stereocenters. The number of benzene rings is 1. The molecule has 118 valence electrons. The van der Waals surface area contributed by atoms with Gasteiger partial charge in [-0.2, -0.15) is 13.2 Å². The zero-order chi connectivity index (χ0) is 16.3. The van der Waals surface area contributed by atoms with E-state index in [2.05, 4.69) is 0 Å². The lowest BCUT2D eigenvalue weighted by molar-refractivity contribution is -0.138. The Morgan fingerprint density at radius 3 is 2.50 bits per heavy atom. The van der Waals surface area contributed by atoms with Crippen molar-refractivity contribution in [1.82, 2.24) is 4.57 Å². The van der Waals surface area contributed by atoms with Gasteiger partial charge in [-0.15, -0.1) is 0 Å². The van der Waals surface area contributed by atoms with Crippen molar-refractivity contribution in [1.29, 1.82) is 0 Å². The molecule has 0 aliphatic heterocycles. The van der Waals surface area contributed by atoms with E-state index in [0.717, 1.165) is 28.5 Å². The third-order valence-corrected chi connectivity index (χ3v) is 3.44. The lowest BCUT2D eigenvalue weighted by Crippen LogP contribution is -2.20. The van der Waals surface area contributed by atoms with Crippen molar-refractivity contribution >= 4 is 11.6 Å². The minimum absolute atomic E-state index is 0.0342. The minimum atomic E-state index is -4.54. The van der Waals surface area contributed by atoms with Crippen LogP contribution in [-0.2, 0) is 12.6 Å². The van der Waals surface area contributed by atoms with E-state index in [9.17, 15) is 18.0 Å². The summed E-state index contributed by atoms with van der Waals surface area (Å²) in [6.07, 6.45) is -2.66. The molecule has 22 heavy (non-hydrogen) atoms. The molecule has 1 aromatic carbocycles.